The van der Waals surface area contributed by atoms with Crippen LogP contribution in [0.15, 0.2) is 61.9 Å². The van der Waals surface area contributed by atoms with E-state index in [2.05, 4.69) is 15.9 Å². The summed E-state index contributed by atoms with van der Waals surface area (Å²) < 4.78 is 13.7. The molecule has 1 aliphatic heterocycles. The quantitative estimate of drug-likeness (QED) is 0.402. The van der Waals surface area contributed by atoms with Crippen molar-refractivity contribution in [3.63, 3.8) is 0 Å². The summed E-state index contributed by atoms with van der Waals surface area (Å²) in [5, 5.41) is 10.7. The van der Waals surface area contributed by atoms with Gasteiger partial charge >= 0.3 is 5.97 Å². The van der Waals surface area contributed by atoms with E-state index in [1.165, 1.54) is 22.0 Å². The van der Waals surface area contributed by atoms with Crippen molar-refractivity contribution in [1.29, 1.82) is 0 Å². The Balaban J connectivity index is 2.07. The number of rotatable bonds is 7. The monoisotopic (exact) mass is 590 g/mol. The van der Waals surface area contributed by atoms with Gasteiger partial charge in [-0.25, -0.2) is 9.79 Å². The van der Waals surface area contributed by atoms with Gasteiger partial charge in [-0.2, -0.15) is 0 Å². The van der Waals surface area contributed by atoms with Crippen LogP contribution in [0.2, 0.25) is 5.02 Å². The smallest absolute Gasteiger partial charge is 0.338 e. The summed E-state index contributed by atoms with van der Waals surface area (Å²) in [6.45, 7) is 3.92. The van der Waals surface area contributed by atoms with Gasteiger partial charge in [-0.1, -0.05) is 52.2 Å². The van der Waals surface area contributed by atoms with Crippen molar-refractivity contribution in [2.24, 2.45) is 4.99 Å². The van der Waals surface area contributed by atoms with E-state index in [-0.39, 0.29) is 17.9 Å². The van der Waals surface area contributed by atoms with Crippen LogP contribution < -0.4 is 19.6 Å². The van der Waals surface area contributed by atoms with E-state index < -0.39 is 12.0 Å². The first-order valence-electron chi connectivity index (χ1n) is 11.3. The number of carbonyl (C=O) groups is 1. The first kappa shape index (κ1) is 26.2. The maximum atomic E-state index is 13.8. The fraction of sp³-hybridized carbons (Fsp3) is 0.269. The molecule has 1 aromatic heterocycles. The summed E-state index contributed by atoms with van der Waals surface area (Å²) in [6.07, 6.45) is 2.85. The number of methoxy groups -OCH3 is 1. The lowest BCUT2D eigenvalue weighted by Gasteiger charge is -2.27. The molecule has 0 amide bonds. The van der Waals surface area contributed by atoms with Crippen molar-refractivity contribution in [2.75, 3.05) is 13.7 Å². The van der Waals surface area contributed by atoms with Crippen molar-refractivity contribution in [2.45, 2.75) is 32.7 Å². The number of fused-ring (bicyclic) bond motifs is 1. The molecule has 0 spiro atoms. The standard InChI is InChI=1S/C26H24BrClN2O5S/c1-4-6-18-22(25(33)35-5-2)23(17-13-15(27)7-10-20(17)34-3)30-24(32)21(36-26(30)29-18)12-14-11-16(28)8-9-19(14)31/h7-13,23,31H,4-6H2,1-3H3/b21-12+/t23-/m1/s1. The summed E-state index contributed by atoms with van der Waals surface area (Å²) in [7, 11) is 1.54. The van der Waals surface area contributed by atoms with Gasteiger partial charge in [-0.3, -0.25) is 9.36 Å². The number of phenols is 1. The van der Waals surface area contributed by atoms with Crippen molar-refractivity contribution in [1.82, 2.24) is 4.57 Å². The molecule has 3 aromatic rings. The van der Waals surface area contributed by atoms with Gasteiger partial charge < -0.3 is 14.6 Å². The predicted octanol–water partition coefficient (Wildman–Crippen LogP) is 4.71. The molecular weight excluding hydrogens is 568 g/mol. The van der Waals surface area contributed by atoms with Gasteiger partial charge in [0.2, 0.25) is 0 Å². The number of phenolic OH excluding ortho intramolecular Hbond substituents is 1. The molecule has 0 unspecified atom stereocenters. The van der Waals surface area contributed by atoms with Crippen LogP contribution in [0.4, 0.5) is 0 Å². The Morgan fingerprint density at radius 2 is 2.06 bits per heavy atom. The van der Waals surface area contributed by atoms with Crippen molar-refractivity contribution in [3.8, 4) is 11.5 Å². The molecule has 0 saturated heterocycles. The van der Waals surface area contributed by atoms with Crippen LogP contribution >= 0.6 is 38.9 Å². The van der Waals surface area contributed by atoms with E-state index in [0.717, 1.165) is 10.9 Å². The highest BCUT2D eigenvalue weighted by atomic mass is 79.9. The molecule has 36 heavy (non-hydrogen) atoms. The second-order valence-electron chi connectivity index (χ2n) is 8.00. The van der Waals surface area contributed by atoms with Crippen molar-refractivity contribution < 1.29 is 19.4 Å². The number of aromatic nitrogens is 1. The van der Waals surface area contributed by atoms with Crippen molar-refractivity contribution in [3.05, 3.63) is 88.0 Å². The fourth-order valence-corrected chi connectivity index (χ4v) is 5.69. The van der Waals surface area contributed by atoms with Gasteiger partial charge in [-0.05, 0) is 55.8 Å². The van der Waals surface area contributed by atoms with Crippen LogP contribution in [0.1, 0.15) is 43.9 Å². The maximum Gasteiger partial charge on any atom is 0.338 e. The molecule has 0 fully saturated rings. The van der Waals surface area contributed by atoms with Crippen molar-refractivity contribution >= 4 is 50.9 Å². The number of thiazole rings is 1. The maximum absolute atomic E-state index is 13.8. The van der Waals surface area contributed by atoms with Crippen LogP contribution in [0.25, 0.3) is 6.08 Å². The molecule has 1 N–H and O–H groups in total. The number of aromatic hydroxyl groups is 1. The lowest BCUT2D eigenvalue weighted by molar-refractivity contribution is -0.139. The van der Waals surface area contributed by atoms with Crippen LogP contribution in [-0.4, -0.2) is 29.4 Å². The predicted molar refractivity (Wildman–Crippen MR) is 143 cm³/mol. The Bertz CT molecular complexity index is 1540. The van der Waals surface area contributed by atoms with Gasteiger partial charge in [0.15, 0.2) is 4.80 Å². The molecule has 0 radical (unpaired) electrons. The first-order chi connectivity index (χ1) is 17.3. The number of hydrogen-bond acceptors (Lipinski definition) is 7. The van der Waals surface area contributed by atoms with Gasteiger partial charge in [0.25, 0.3) is 5.56 Å². The van der Waals surface area contributed by atoms with Gasteiger partial charge in [0, 0.05) is 20.6 Å². The minimum absolute atomic E-state index is 0.00525. The van der Waals surface area contributed by atoms with Crippen LogP contribution in [0, 0.1) is 0 Å². The summed E-state index contributed by atoms with van der Waals surface area (Å²) in [4.78, 5) is 32.3. The topological polar surface area (TPSA) is 90.1 Å². The number of halogens is 2. The molecule has 2 aromatic carbocycles. The number of allylic oxidation sites excluding steroid dienone is 1. The number of carbonyl (C=O) groups excluding carboxylic acids is 1. The lowest BCUT2D eigenvalue weighted by atomic mass is 9.93. The Morgan fingerprint density at radius 1 is 1.28 bits per heavy atom. The third-order valence-electron chi connectivity index (χ3n) is 5.65. The minimum atomic E-state index is -0.815. The third-order valence-corrected chi connectivity index (χ3v) is 7.37. The second kappa shape index (κ2) is 11.0. The molecule has 10 heteroatoms. The van der Waals surface area contributed by atoms with E-state index in [0.29, 0.717) is 48.9 Å². The van der Waals surface area contributed by atoms with E-state index in [9.17, 15) is 14.7 Å². The highest BCUT2D eigenvalue weighted by molar-refractivity contribution is 9.10. The highest BCUT2D eigenvalue weighted by Crippen LogP contribution is 2.38. The highest BCUT2D eigenvalue weighted by Gasteiger charge is 2.36. The number of nitrogens with zero attached hydrogens (tertiary/aromatic N) is 2. The van der Waals surface area contributed by atoms with E-state index >= 15 is 0 Å². The summed E-state index contributed by atoms with van der Waals surface area (Å²) >= 11 is 10.8. The van der Waals surface area contributed by atoms with Crippen LogP contribution in [0.5, 0.6) is 11.5 Å². The molecular formula is C26H24BrClN2O5S. The molecule has 188 valence electrons. The normalized spacial score (nSPS) is 15.5. The summed E-state index contributed by atoms with van der Waals surface area (Å²) in [6, 6.07) is 9.24. The zero-order chi connectivity index (χ0) is 26.0. The van der Waals surface area contributed by atoms with Crippen LogP contribution in [0.3, 0.4) is 0 Å². The summed E-state index contributed by atoms with van der Waals surface area (Å²) in [5.74, 6) is -0.0161. The molecule has 7 nitrogen and oxygen atoms in total. The Hall–Kier alpha value is -2.88. The first-order valence-corrected chi connectivity index (χ1v) is 13.3. The molecule has 4 rings (SSSR count). The molecule has 0 bridgehead atoms. The lowest BCUT2D eigenvalue weighted by Crippen LogP contribution is -2.40. The third kappa shape index (κ3) is 5.00. The Morgan fingerprint density at radius 3 is 2.75 bits per heavy atom. The SMILES string of the molecule is CCCC1=C(C(=O)OCC)[C@@H](c2cc(Br)ccc2OC)n2c(s/c(=C/c3cc(Cl)ccc3O)c2=O)=N1. The minimum Gasteiger partial charge on any atom is -0.507 e. The van der Waals surface area contributed by atoms with Gasteiger partial charge in [-0.15, -0.1) is 0 Å². The second-order valence-corrected chi connectivity index (χ2v) is 10.4. The largest absolute Gasteiger partial charge is 0.507 e. The summed E-state index contributed by atoms with van der Waals surface area (Å²) in [5.41, 5.74) is 1.54. The Labute approximate surface area is 225 Å². The number of benzene rings is 2. The zero-order valence-electron chi connectivity index (χ0n) is 19.9. The average Bonchev–Trinajstić information content (AvgIpc) is 3.15. The van der Waals surface area contributed by atoms with E-state index in [4.69, 9.17) is 26.1 Å². The van der Waals surface area contributed by atoms with E-state index in [1.807, 2.05) is 19.1 Å². The fourth-order valence-electron chi connectivity index (χ4n) is 4.12. The molecule has 1 aliphatic rings. The van der Waals surface area contributed by atoms with Crippen LogP contribution in [-0.2, 0) is 9.53 Å². The molecule has 0 saturated carbocycles. The zero-order valence-corrected chi connectivity index (χ0v) is 23.0. The Kier molecular flexibility index (Phi) is 8.02. The molecule has 0 aliphatic carbocycles. The molecule has 2 heterocycles. The van der Waals surface area contributed by atoms with Gasteiger partial charge in [0.05, 0.1) is 29.5 Å². The van der Waals surface area contributed by atoms with E-state index in [1.54, 1.807) is 38.3 Å². The molecule has 1 atom stereocenters. The average molecular weight is 592 g/mol. The van der Waals surface area contributed by atoms with Gasteiger partial charge in [0.1, 0.15) is 17.5 Å². The number of esters is 1. The number of hydrogen-bond donors (Lipinski definition) is 1. The number of ether oxygens (including phenoxy) is 2.